The van der Waals surface area contributed by atoms with Crippen LogP contribution in [0.2, 0.25) is 0 Å². The molecule has 0 saturated heterocycles. The zero-order valence-electron chi connectivity index (χ0n) is 16.3. The van der Waals surface area contributed by atoms with Gasteiger partial charge in [-0.1, -0.05) is 78.9 Å². The number of aryl methyl sites for hydroxylation is 1. The zero-order valence-corrected chi connectivity index (χ0v) is 16.3. The molecule has 0 bridgehead atoms. The van der Waals surface area contributed by atoms with Crippen LogP contribution < -0.4 is 0 Å². The second-order valence-corrected chi connectivity index (χ2v) is 7.44. The minimum absolute atomic E-state index is 0.660. The molecule has 5 aromatic rings. The molecule has 0 fully saturated rings. The first kappa shape index (κ1) is 17.7. The predicted octanol–water partition coefficient (Wildman–Crippen LogP) is 5.63. The highest BCUT2D eigenvalue weighted by molar-refractivity contribution is 5.87. The number of aliphatic hydroxyl groups excluding tert-OH is 1. The van der Waals surface area contributed by atoms with Crippen molar-refractivity contribution in [3.8, 4) is 0 Å². The molecule has 1 atom stereocenters. The Morgan fingerprint density at radius 2 is 1.55 bits per heavy atom. The molecule has 29 heavy (non-hydrogen) atoms. The third kappa shape index (κ3) is 3.10. The SMILES string of the molecule is Cc1ccc2ccccc2c1Cn1c([C@H](O)c2ccccc2)nc2ccccc21. The average molecular weight is 378 g/mol. The van der Waals surface area contributed by atoms with Crippen LogP contribution in [-0.4, -0.2) is 14.7 Å². The van der Waals surface area contributed by atoms with Gasteiger partial charge in [-0.15, -0.1) is 0 Å². The molecule has 0 aliphatic rings. The summed E-state index contributed by atoms with van der Waals surface area (Å²) in [4.78, 5) is 4.81. The molecular weight excluding hydrogens is 356 g/mol. The maximum absolute atomic E-state index is 11.2. The summed E-state index contributed by atoms with van der Waals surface area (Å²) in [6.45, 7) is 2.81. The predicted molar refractivity (Wildman–Crippen MR) is 118 cm³/mol. The third-order valence-corrected chi connectivity index (χ3v) is 5.63. The Balaban J connectivity index is 1.70. The summed E-state index contributed by atoms with van der Waals surface area (Å²) in [6, 6.07) is 30.6. The molecule has 142 valence electrons. The topological polar surface area (TPSA) is 38.0 Å². The van der Waals surface area contributed by atoms with Gasteiger partial charge in [0, 0.05) is 0 Å². The summed E-state index contributed by atoms with van der Waals surface area (Å²) in [5.74, 6) is 0.671. The van der Waals surface area contributed by atoms with Crippen molar-refractivity contribution < 1.29 is 5.11 Å². The highest BCUT2D eigenvalue weighted by Crippen LogP contribution is 2.29. The maximum Gasteiger partial charge on any atom is 0.143 e. The summed E-state index contributed by atoms with van der Waals surface area (Å²) in [5.41, 5.74) is 5.27. The van der Waals surface area contributed by atoms with Crippen LogP contribution in [0.3, 0.4) is 0 Å². The highest BCUT2D eigenvalue weighted by atomic mass is 16.3. The fourth-order valence-corrected chi connectivity index (χ4v) is 4.07. The van der Waals surface area contributed by atoms with Crippen molar-refractivity contribution >= 4 is 21.8 Å². The van der Waals surface area contributed by atoms with Gasteiger partial charge < -0.3 is 9.67 Å². The number of rotatable bonds is 4. The lowest BCUT2D eigenvalue weighted by atomic mass is 9.99. The molecule has 0 aliphatic carbocycles. The quantitative estimate of drug-likeness (QED) is 0.440. The van der Waals surface area contributed by atoms with Gasteiger partial charge in [-0.25, -0.2) is 4.98 Å². The van der Waals surface area contributed by atoms with Crippen molar-refractivity contribution in [1.29, 1.82) is 0 Å². The molecule has 0 amide bonds. The number of aromatic nitrogens is 2. The number of aliphatic hydroxyl groups is 1. The molecule has 5 rings (SSSR count). The molecule has 0 unspecified atom stereocenters. The Hall–Kier alpha value is -3.43. The first-order valence-electron chi connectivity index (χ1n) is 9.88. The van der Waals surface area contributed by atoms with Gasteiger partial charge in [-0.05, 0) is 46.5 Å². The van der Waals surface area contributed by atoms with Crippen LogP contribution in [0.15, 0.2) is 91.0 Å². The van der Waals surface area contributed by atoms with E-state index >= 15 is 0 Å². The van der Waals surface area contributed by atoms with Gasteiger partial charge >= 0.3 is 0 Å². The number of nitrogens with zero attached hydrogens (tertiary/aromatic N) is 2. The minimum atomic E-state index is -0.779. The van der Waals surface area contributed by atoms with E-state index in [1.54, 1.807) is 0 Å². The van der Waals surface area contributed by atoms with E-state index < -0.39 is 6.10 Å². The number of hydrogen-bond donors (Lipinski definition) is 1. The monoisotopic (exact) mass is 378 g/mol. The van der Waals surface area contributed by atoms with Crippen LogP contribution in [-0.2, 0) is 6.54 Å². The summed E-state index contributed by atoms with van der Waals surface area (Å²) in [5, 5.41) is 13.6. The van der Waals surface area contributed by atoms with E-state index in [1.165, 1.54) is 21.9 Å². The van der Waals surface area contributed by atoms with Gasteiger partial charge in [0.2, 0.25) is 0 Å². The van der Waals surface area contributed by atoms with Gasteiger partial charge in [-0.2, -0.15) is 0 Å². The Labute approximate surface area is 169 Å². The van der Waals surface area contributed by atoms with Crippen LogP contribution in [0.4, 0.5) is 0 Å². The molecule has 1 N–H and O–H groups in total. The average Bonchev–Trinajstić information content (AvgIpc) is 3.14. The Morgan fingerprint density at radius 1 is 0.828 bits per heavy atom. The van der Waals surface area contributed by atoms with Gasteiger partial charge in [0.25, 0.3) is 0 Å². The van der Waals surface area contributed by atoms with E-state index in [1.807, 2.05) is 48.5 Å². The second kappa shape index (κ2) is 7.19. The first-order valence-corrected chi connectivity index (χ1v) is 9.88. The van der Waals surface area contributed by atoms with E-state index in [9.17, 15) is 5.11 Å². The van der Waals surface area contributed by atoms with E-state index in [0.29, 0.717) is 12.4 Å². The highest BCUT2D eigenvalue weighted by Gasteiger charge is 2.20. The molecule has 1 heterocycles. The second-order valence-electron chi connectivity index (χ2n) is 7.44. The smallest absolute Gasteiger partial charge is 0.143 e. The van der Waals surface area contributed by atoms with Crippen molar-refractivity contribution in [1.82, 2.24) is 9.55 Å². The summed E-state index contributed by atoms with van der Waals surface area (Å²) in [6.07, 6.45) is -0.779. The van der Waals surface area contributed by atoms with Crippen molar-refractivity contribution in [2.24, 2.45) is 0 Å². The third-order valence-electron chi connectivity index (χ3n) is 5.63. The Bertz CT molecular complexity index is 1300. The summed E-state index contributed by atoms with van der Waals surface area (Å²) < 4.78 is 2.15. The molecule has 0 aliphatic heterocycles. The van der Waals surface area contributed by atoms with Crippen molar-refractivity contribution in [3.63, 3.8) is 0 Å². The van der Waals surface area contributed by atoms with Crippen LogP contribution in [0, 0.1) is 6.92 Å². The molecule has 0 spiro atoms. The number of benzene rings is 4. The molecule has 4 aromatic carbocycles. The lowest BCUT2D eigenvalue weighted by molar-refractivity contribution is 0.206. The van der Waals surface area contributed by atoms with Crippen LogP contribution in [0.5, 0.6) is 0 Å². The summed E-state index contributed by atoms with van der Waals surface area (Å²) in [7, 11) is 0. The Morgan fingerprint density at radius 3 is 2.41 bits per heavy atom. The molecule has 1 aromatic heterocycles. The fourth-order valence-electron chi connectivity index (χ4n) is 4.07. The van der Waals surface area contributed by atoms with E-state index in [0.717, 1.165) is 16.6 Å². The normalized spacial score (nSPS) is 12.5. The van der Waals surface area contributed by atoms with Crippen molar-refractivity contribution in [3.05, 3.63) is 114 Å². The summed E-state index contributed by atoms with van der Waals surface area (Å²) >= 11 is 0. The Kier molecular flexibility index (Phi) is 4.38. The maximum atomic E-state index is 11.2. The molecule has 3 heteroatoms. The molecule has 0 saturated carbocycles. The number of para-hydroxylation sites is 2. The molecular formula is C26H22N2O. The largest absolute Gasteiger partial charge is 0.380 e. The van der Waals surface area contributed by atoms with Gasteiger partial charge in [0.05, 0.1) is 17.6 Å². The first-order chi connectivity index (χ1) is 14.2. The van der Waals surface area contributed by atoms with Gasteiger partial charge in [-0.3, -0.25) is 0 Å². The van der Waals surface area contributed by atoms with E-state index in [-0.39, 0.29) is 0 Å². The molecule has 0 radical (unpaired) electrons. The zero-order chi connectivity index (χ0) is 19.8. The van der Waals surface area contributed by atoms with Crippen LogP contribution >= 0.6 is 0 Å². The van der Waals surface area contributed by atoms with E-state index in [4.69, 9.17) is 4.98 Å². The van der Waals surface area contributed by atoms with E-state index in [2.05, 4.69) is 54.0 Å². The van der Waals surface area contributed by atoms with Crippen molar-refractivity contribution in [2.45, 2.75) is 19.6 Å². The van der Waals surface area contributed by atoms with Gasteiger partial charge in [0.15, 0.2) is 0 Å². The number of fused-ring (bicyclic) bond motifs is 2. The van der Waals surface area contributed by atoms with Crippen LogP contribution in [0.25, 0.3) is 21.8 Å². The fraction of sp³-hybridized carbons (Fsp3) is 0.115. The number of imidazole rings is 1. The minimum Gasteiger partial charge on any atom is -0.380 e. The van der Waals surface area contributed by atoms with Gasteiger partial charge in [0.1, 0.15) is 11.9 Å². The lowest BCUT2D eigenvalue weighted by Gasteiger charge is -2.17. The van der Waals surface area contributed by atoms with Crippen LogP contribution in [0.1, 0.15) is 28.6 Å². The number of hydrogen-bond acceptors (Lipinski definition) is 2. The van der Waals surface area contributed by atoms with Crippen molar-refractivity contribution in [2.75, 3.05) is 0 Å². The molecule has 3 nitrogen and oxygen atoms in total. The lowest BCUT2D eigenvalue weighted by Crippen LogP contribution is -2.12. The standard InChI is InChI=1S/C26H22N2O/c1-18-15-16-19-9-5-6-12-21(19)22(18)17-28-24-14-8-7-13-23(24)27-26(28)25(29)20-10-3-2-4-11-20/h2-16,25,29H,17H2,1H3/t25-/m1/s1.